The van der Waals surface area contributed by atoms with E-state index < -0.39 is 23.8 Å². The summed E-state index contributed by atoms with van der Waals surface area (Å²) >= 11 is 0. The largest absolute Gasteiger partial charge is 0.481 e. The van der Waals surface area contributed by atoms with Crippen LogP contribution in [0.2, 0.25) is 0 Å². The Kier molecular flexibility index (Phi) is 5.47. The highest BCUT2D eigenvalue weighted by Gasteiger charge is 2.18. The first-order valence-electron chi connectivity index (χ1n) is 4.13. The number of hydrogen-bond donors (Lipinski definition) is 2. The minimum atomic E-state index is -0.991. The summed E-state index contributed by atoms with van der Waals surface area (Å²) in [5.41, 5.74) is 4.92. The van der Waals surface area contributed by atoms with Gasteiger partial charge in [0.25, 0.3) is 0 Å². The standard InChI is InChI=1S/C8H13NO5/c1-5(2-3-6(10)11)8(13)14-7(12)4-9/h5H,2-4,9H2,1H3,(H,10,11). The minimum absolute atomic E-state index is 0.132. The lowest BCUT2D eigenvalue weighted by molar-refractivity contribution is -0.161. The first-order valence-corrected chi connectivity index (χ1v) is 4.13. The molecule has 0 saturated heterocycles. The molecule has 1 unspecified atom stereocenters. The van der Waals surface area contributed by atoms with E-state index >= 15 is 0 Å². The van der Waals surface area contributed by atoms with Gasteiger partial charge in [-0.25, -0.2) is 0 Å². The molecule has 0 aromatic rings. The second-order valence-electron chi connectivity index (χ2n) is 2.83. The van der Waals surface area contributed by atoms with Crippen molar-refractivity contribution in [3.8, 4) is 0 Å². The molecule has 0 saturated carbocycles. The van der Waals surface area contributed by atoms with E-state index in [-0.39, 0.29) is 19.4 Å². The normalized spacial score (nSPS) is 11.9. The molecule has 0 radical (unpaired) electrons. The van der Waals surface area contributed by atoms with E-state index in [9.17, 15) is 14.4 Å². The maximum Gasteiger partial charge on any atom is 0.327 e. The molecule has 6 nitrogen and oxygen atoms in total. The van der Waals surface area contributed by atoms with Gasteiger partial charge in [-0.2, -0.15) is 0 Å². The van der Waals surface area contributed by atoms with E-state index in [0.717, 1.165) is 0 Å². The zero-order valence-electron chi connectivity index (χ0n) is 7.86. The summed E-state index contributed by atoms with van der Waals surface area (Å²) in [7, 11) is 0. The number of esters is 2. The van der Waals surface area contributed by atoms with E-state index in [2.05, 4.69) is 4.74 Å². The number of rotatable bonds is 5. The van der Waals surface area contributed by atoms with Gasteiger partial charge in [0.15, 0.2) is 0 Å². The summed E-state index contributed by atoms with van der Waals surface area (Å²) in [6.07, 6.45) is 0.0130. The van der Waals surface area contributed by atoms with Gasteiger partial charge in [-0.15, -0.1) is 0 Å². The number of hydrogen-bond acceptors (Lipinski definition) is 5. The van der Waals surface area contributed by atoms with E-state index in [1.165, 1.54) is 6.92 Å². The first kappa shape index (κ1) is 12.6. The first-order chi connectivity index (χ1) is 6.47. The van der Waals surface area contributed by atoms with Gasteiger partial charge in [-0.1, -0.05) is 6.92 Å². The summed E-state index contributed by atoms with van der Waals surface area (Å²) in [5.74, 6) is -3.14. The summed E-state index contributed by atoms with van der Waals surface area (Å²) in [5, 5.41) is 8.33. The van der Waals surface area contributed by atoms with Crippen LogP contribution in [-0.4, -0.2) is 29.6 Å². The molecule has 6 heteroatoms. The van der Waals surface area contributed by atoms with Crippen LogP contribution in [0.1, 0.15) is 19.8 Å². The summed E-state index contributed by atoms with van der Waals surface area (Å²) in [6.45, 7) is 1.13. The lowest BCUT2D eigenvalue weighted by Crippen LogP contribution is -2.24. The molecular weight excluding hydrogens is 190 g/mol. The Morgan fingerprint density at radius 2 is 2.00 bits per heavy atom. The van der Waals surface area contributed by atoms with Crippen LogP contribution in [0.3, 0.4) is 0 Å². The van der Waals surface area contributed by atoms with Gasteiger partial charge >= 0.3 is 17.9 Å². The molecule has 1 atom stereocenters. The number of aliphatic carboxylic acids is 1. The third-order valence-electron chi connectivity index (χ3n) is 1.57. The molecule has 0 aromatic heterocycles. The molecule has 0 aliphatic carbocycles. The Morgan fingerprint density at radius 1 is 1.43 bits per heavy atom. The fourth-order valence-electron chi connectivity index (χ4n) is 0.712. The number of carboxylic acids is 1. The summed E-state index contributed by atoms with van der Waals surface area (Å²) in [4.78, 5) is 31.8. The topological polar surface area (TPSA) is 107 Å². The number of carbonyl (C=O) groups is 3. The van der Waals surface area contributed by atoms with Crippen LogP contribution in [-0.2, 0) is 19.1 Å². The number of nitrogens with two attached hydrogens (primary N) is 1. The zero-order valence-corrected chi connectivity index (χ0v) is 7.86. The summed E-state index contributed by atoms with van der Waals surface area (Å²) < 4.78 is 4.30. The average molecular weight is 203 g/mol. The van der Waals surface area contributed by atoms with Gasteiger partial charge in [0.2, 0.25) is 0 Å². The van der Waals surface area contributed by atoms with Crippen LogP contribution in [0.4, 0.5) is 0 Å². The molecule has 0 fully saturated rings. The van der Waals surface area contributed by atoms with Crippen LogP contribution in [0.15, 0.2) is 0 Å². The highest BCUT2D eigenvalue weighted by atomic mass is 16.6. The second-order valence-corrected chi connectivity index (χ2v) is 2.83. The Balaban J connectivity index is 3.87. The molecule has 0 rings (SSSR count). The zero-order chi connectivity index (χ0) is 11.1. The van der Waals surface area contributed by atoms with Crippen molar-refractivity contribution in [2.75, 3.05) is 6.54 Å². The van der Waals surface area contributed by atoms with Crippen LogP contribution < -0.4 is 5.73 Å². The predicted octanol–water partition coefficient (Wildman–Crippen LogP) is -0.484. The molecule has 0 aliphatic heterocycles. The van der Waals surface area contributed by atoms with E-state index in [0.29, 0.717) is 0 Å². The van der Waals surface area contributed by atoms with E-state index in [4.69, 9.17) is 10.8 Å². The lowest BCUT2D eigenvalue weighted by Gasteiger charge is -2.07. The molecule has 14 heavy (non-hydrogen) atoms. The van der Waals surface area contributed by atoms with Crippen molar-refractivity contribution in [2.24, 2.45) is 11.7 Å². The average Bonchev–Trinajstić information content (AvgIpc) is 2.13. The Morgan fingerprint density at radius 3 is 2.43 bits per heavy atom. The van der Waals surface area contributed by atoms with Gasteiger partial charge in [0.1, 0.15) is 0 Å². The number of carboxylic acid groups (broad SMARTS) is 1. The van der Waals surface area contributed by atoms with E-state index in [1.54, 1.807) is 0 Å². The number of ether oxygens (including phenoxy) is 1. The Bertz CT molecular complexity index is 238. The minimum Gasteiger partial charge on any atom is -0.481 e. The van der Waals surface area contributed by atoms with Crippen LogP contribution >= 0.6 is 0 Å². The third kappa shape index (κ3) is 5.26. The molecule has 3 N–H and O–H groups in total. The van der Waals surface area contributed by atoms with Gasteiger partial charge in [0.05, 0.1) is 12.5 Å². The molecule has 0 aliphatic rings. The van der Waals surface area contributed by atoms with Crippen LogP contribution in [0.25, 0.3) is 0 Å². The molecule has 0 amide bonds. The molecule has 0 aromatic carbocycles. The third-order valence-corrected chi connectivity index (χ3v) is 1.57. The fraction of sp³-hybridized carbons (Fsp3) is 0.625. The lowest BCUT2D eigenvalue weighted by atomic mass is 10.1. The maximum absolute atomic E-state index is 11.0. The van der Waals surface area contributed by atoms with Crippen molar-refractivity contribution < 1.29 is 24.2 Å². The highest BCUT2D eigenvalue weighted by molar-refractivity contribution is 5.87. The fourth-order valence-corrected chi connectivity index (χ4v) is 0.712. The SMILES string of the molecule is CC(CCC(=O)O)C(=O)OC(=O)CN. The Labute approximate surface area is 81.0 Å². The van der Waals surface area contributed by atoms with Crippen molar-refractivity contribution in [3.05, 3.63) is 0 Å². The summed E-state index contributed by atoms with van der Waals surface area (Å²) in [6, 6.07) is 0. The van der Waals surface area contributed by atoms with Crippen molar-refractivity contribution in [3.63, 3.8) is 0 Å². The van der Waals surface area contributed by atoms with Crippen LogP contribution in [0.5, 0.6) is 0 Å². The number of carbonyl (C=O) groups excluding carboxylic acids is 2. The maximum atomic E-state index is 11.0. The van der Waals surface area contributed by atoms with Crippen molar-refractivity contribution in [1.29, 1.82) is 0 Å². The predicted molar refractivity (Wildman–Crippen MR) is 46.2 cm³/mol. The molecule has 0 bridgehead atoms. The smallest absolute Gasteiger partial charge is 0.327 e. The molecule has 0 spiro atoms. The molecular formula is C8H13NO5. The highest BCUT2D eigenvalue weighted by Crippen LogP contribution is 2.07. The molecule has 80 valence electrons. The van der Waals surface area contributed by atoms with E-state index in [1.807, 2.05) is 0 Å². The van der Waals surface area contributed by atoms with Gasteiger partial charge in [-0.05, 0) is 6.42 Å². The quantitative estimate of drug-likeness (QED) is 0.461. The monoisotopic (exact) mass is 203 g/mol. The second kappa shape index (κ2) is 6.09. The molecule has 0 heterocycles. The van der Waals surface area contributed by atoms with Gasteiger partial charge in [0, 0.05) is 6.42 Å². The van der Waals surface area contributed by atoms with Gasteiger partial charge in [-0.3, -0.25) is 14.4 Å². The van der Waals surface area contributed by atoms with Gasteiger partial charge < -0.3 is 15.6 Å². The Hall–Kier alpha value is -1.43. The van der Waals surface area contributed by atoms with Crippen molar-refractivity contribution in [2.45, 2.75) is 19.8 Å². The van der Waals surface area contributed by atoms with Crippen LogP contribution in [0, 0.1) is 5.92 Å². The van der Waals surface area contributed by atoms with Crippen molar-refractivity contribution >= 4 is 17.9 Å². The van der Waals surface area contributed by atoms with Crippen molar-refractivity contribution in [1.82, 2.24) is 0 Å².